The molecule has 1 aromatic heterocycles. The minimum Gasteiger partial charge on any atom is -0.350 e. The van der Waals surface area contributed by atoms with E-state index < -0.39 is 0 Å². The molecule has 0 radical (unpaired) electrons. The van der Waals surface area contributed by atoms with Crippen molar-refractivity contribution in [3.05, 3.63) is 17.6 Å². The molecule has 0 aliphatic carbocycles. The van der Waals surface area contributed by atoms with Crippen molar-refractivity contribution in [2.75, 3.05) is 32.6 Å². The van der Waals surface area contributed by atoms with Gasteiger partial charge in [0.1, 0.15) is 11.6 Å². The molecule has 0 fully saturated rings. The average molecular weight is 306 g/mol. The van der Waals surface area contributed by atoms with Crippen LogP contribution in [0.2, 0.25) is 0 Å². The molecule has 1 amide bonds. The van der Waals surface area contributed by atoms with Crippen LogP contribution in [0.3, 0.4) is 0 Å². The lowest BCUT2D eigenvalue weighted by Gasteiger charge is -2.27. The van der Waals surface area contributed by atoms with E-state index >= 15 is 0 Å². The summed E-state index contributed by atoms with van der Waals surface area (Å²) in [7, 11) is 5.41. The number of carbonyl (C=O) groups excluding carboxylic acids is 1. The van der Waals surface area contributed by atoms with Crippen LogP contribution >= 0.6 is 0 Å². The molecule has 0 saturated carbocycles. The van der Waals surface area contributed by atoms with E-state index in [-0.39, 0.29) is 16.7 Å². The molecule has 5 heteroatoms. The summed E-state index contributed by atoms with van der Waals surface area (Å²) in [5, 5.41) is 0. The van der Waals surface area contributed by atoms with E-state index in [1.807, 2.05) is 18.0 Å². The second kappa shape index (κ2) is 6.23. The van der Waals surface area contributed by atoms with Crippen molar-refractivity contribution < 1.29 is 4.79 Å². The van der Waals surface area contributed by atoms with Crippen molar-refractivity contribution in [2.24, 2.45) is 0 Å². The molecule has 22 heavy (non-hydrogen) atoms. The molecular formula is C17H30N4O. The summed E-state index contributed by atoms with van der Waals surface area (Å²) < 4.78 is 0. The van der Waals surface area contributed by atoms with Crippen LogP contribution in [-0.4, -0.2) is 48.5 Å². The highest BCUT2D eigenvalue weighted by Gasteiger charge is 2.24. The monoisotopic (exact) mass is 306 g/mol. The third-order valence-electron chi connectivity index (χ3n) is 3.41. The second-order valence-electron chi connectivity index (χ2n) is 8.08. The molecule has 0 aliphatic heterocycles. The highest BCUT2D eigenvalue weighted by Crippen LogP contribution is 2.27. The predicted octanol–water partition coefficient (Wildman–Crippen LogP) is 2.60. The first-order valence-electron chi connectivity index (χ1n) is 7.63. The largest absolute Gasteiger partial charge is 0.350 e. The molecule has 1 aromatic rings. The third-order valence-corrected chi connectivity index (χ3v) is 3.41. The van der Waals surface area contributed by atoms with Gasteiger partial charge in [0.15, 0.2) is 0 Å². The number of hydrogen-bond acceptors (Lipinski definition) is 4. The summed E-state index contributed by atoms with van der Waals surface area (Å²) in [5.41, 5.74) is 0.790. The zero-order valence-corrected chi connectivity index (χ0v) is 15.5. The van der Waals surface area contributed by atoms with E-state index in [0.29, 0.717) is 6.54 Å². The lowest BCUT2D eigenvalue weighted by Crippen LogP contribution is -2.35. The number of hydrogen-bond donors (Lipinski definition) is 0. The summed E-state index contributed by atoms with van der Waals surface area (Å²) in [6.07, 6.45) is 0. The Balaban J connectivity index is 3.26. The highest BCUT2D eigenvalue weighted by molar-refractivity contribution is 5.80. The zero-order chi connectivity index (χ0) is 17.3. The van der Waals surface area contributed by atoms with Gasteiger partial charge in [-0.05, 0) is 0 Å². The Kier molecular flexibility index (Phi) is 5.21. The maximum atomic E-state index is 11.9. The first-order chi connectivity index (χ1) is 9.82. The number of anilines is 1. The Bertz CT molecular complexity index is 506. The summed E-state index contributed by atoms with van der Waals surface area (Å²) in [6, 6.07) is 1.98. The molecule has 5 nitrogen and oxygen atoms in total. The van der Waals surface area contributed by atoms with E-state index in [0.717, 1.165) is 17.3 Å². The van der Waals surface area contributed by atoms with E-state index in [1.54, 1.807) is 19.0 Å². The van der Waals surface area contributed by atoms with Crippen molar-refractivity contribution in [1.82, 2.24) is 14.9 Å². The van der Waals surface area contributed by atoms with Crippen LogP contribution in [0.5, 0.6) is 0 Å². The van der Waals surface area contributed by atoms with Crippen LogP contribution in [0, 0.1) is 0 Å². The van der Waals surface area contributed by atoms with E-state index in [1.165, 1.54) is 0 Å². The van der Waals surface area contributed by atoms with Crippen LogP contribution in [-0.2, 0) is 15.6 Å². The predicted molar refractivity (Wildman–Crippen MR) is 91.4 cm³/mol. The van der Waals surface area contributed by atoms with Gasteiger partial charge in [-0.2, -0.15) is 0 Å². The first kappa shape index (κ1) is 18.4. The van der Waals surface area contributed by atoms with Crippen LogP contribution in [0.25, 0.3) is 0 Å². The first-order valence-corrected chi connectivity index (χ1v) is 7.63. The van der Waals surface area contributed by atoms with Crippen LogP contribution in [0.4, 0.5) is 5.82 Å². The maximum absolute atomic E-state index is 11.9. The van der Waals surface area contributed by atoms with Gasteiger partial charge in [-0.25, -0.2) is 9.97 Å². The van der Waals surface area contributed by atoms with Crippen molar-refractivity contribution in [1.29, 1.82) is 0 Å². The Morgan fingerprint density at radius 2 is 1.55 bits per heavy atom. The van der Waals surface area contributed by atoms with Crippen molar-refractivity contribution >= 4 is 11.7 Å². The maximum Gasteiger partial charge on any atom is 0.241 e. The third kappa shape index (κ3) is 4.68. The van der Waals surface area contributed by atoms with Crippen LogP contribution < -0.4 is 4.90 Å². The minimum atomic E-state index is -0.137. The Morgan fingerprint density at radius 1 is 1.00 bits per heavy atom. The Morgan fingerprint density at radius 3 is 1.95 bits per heavy atom. The quantitative estimate of drug-likeness (QED) is 0.861. The van der Waals surface area contributed by atoms with Gasteiger partial charge in [-0.15, -0.1) is 0 Å². The topological polar surface area (TPSA) is 49.3 Å². The summed E-state index contributed by atoms with van der Waals surface area (Å²) >= 11 is 0. The number of aromatic nitrogens is 2. The minimum absolute atomic E-state index is 0.0516. The molecule has 0 saturated heterocycles. The molecule has 0 atom stereocenters. The van der Waals surface area contributed by atoms with Gasteiger partial charge in [0, 0.05) is 38.0 Å². The molecule has 0 N–H and O–H groups in total. The summed E-state index contributed by atoms with van der Waals surface area (Å²) in [5.74, 6) is 1.65. The van der Waals surface area contributed by atoms with Crippen LogP contribution in [0.1, 0.15) is 53.1 Å². The summed E-state index contributed by atoms with van der Waals surface area (Å²) in [6.45, 7) is 13.0. The number of amides is 1. The lowest BCUT2D eigenvalue weighted by molar-refractivity contribution is -0.127. The Hall–Kier alpha value is -1.65. The fourth-order valence-electron chi connectivity index (χ4n) is 1.77. The zero-order valence-electron chi connectivity index (χ0n) is 15.5. The van der Waals surface area contributed by atoms with Crippen molar-refractivity contribution in [2.45, 2.75) is 52.4 Å². The number of nitrogens with zero attached hydrogens (tertiary/aromatic N) is 4. The smallest absolute Gasteiger partial charge is 0.241 e. The molecular weight excluding hydrogens is 276 g/mol. The van der Waals surface area contributed by atoms with E-state index in [2.05, 4.69) is 46.5 Å². The average Bonchev–Trinajstić information content (AvgIpc) is 2.35. The molecule has 0 aromatic carbocycles. The molecule has 124 valence electrons. The highest BCUT2D eigenvalue weighted by atomic mass is 16.2. The summed E-state index contributed by atoms with van der Waals surface area (Å²) in [4.78, 5) is 24.8. The lowest BCUT2D eigenvalue weighted by atomic mass is 9.90. The molecule has 1 heterocycles. The van der Waals surface area contributed by atoms with Gasteiger partial charge in [-0.1, -0.05) is 41.5 Å². The fraction of sp³-hybridized carbons (Fsp3) is 0.706. The standard InChI is InChI=1S/C17H30N4O/c1-16(2,3)12-10-13(19-15(18-12)17(4,5)6)21(9)11-14(22)20(7)8/h10H,11H2,1-9H3. The number of rotatable bonds is 3. The van der Waals surface area contributed by atoms with Gasteiger partial charge in [0.05, 0.1) is 12.2 Å². The van der Waals surface area contributed by atoms with Crippen LogP contribution in [0.15, 0.2) is 6.07 Å². The van der Waals surface area contributed by atoms with E-state index in [9.17, 15) is 4.79 Å². The van der Waals surface area contributed by atoms with Crippen molar-refractivity contribution in [3.8, 4) is 0 Å². The number of likely N-dealkylation sites (N-methyl/N-ethyl adjacent to an activating group) is 2. The fourth-order valence-corrected chi connectivity index (χ4v) is 1.77. The molecule has 0 aliphatic rings. The molecule has 0 unspecified atom stereocenters. The van der Waals surface area contributed by atoms with Gasteiger partial charge in [0.2, 0.25) is 5.91 Å². The second-order valence-corrected chi connectivity index (χ2v) is 8.08. The molecule has 0 spiro atoms. The number of carbonyl (C=O) groups is 1. The van der Waals surface area contributed by atoms with E-state index in [4.69, 9.17) is 4.98 Å². The van der Waals surface area contributed by atoms with Gasteiger partial charge in [-0.3, -0.25) is 4.79 Å². The van der Waals surface area contributed by atoms with Crippen molar-refractivity contribution in [3.63, 3.8) is 0 Å². The normalized spacial score (nSPS) is 12.2. The van der Waals surface area contributed by atoms with Gasteiger partial charge < -0.3 is 9.80 Å². The Labute approximate surface area is 134 Å². The molecule has 0 bridgehead atoms. The molecule has 1 rings (SSSR count). The SMILES string of the molecule is CN(C)C(=O)CN(C)c1cc(C(C)(C)C)nc(C(C)(C)C)n1. The van der Waals surface area contributed by atoms with Gasteiger partial charge in [0.25, 0.3) is 0 Å². The van der Waals surface area contributed by atoms with Gasteiger partial charge >= 0.3 is 0 Å².